The molecule has 7 rings (SSSR count). The summed E-state index contributed by atoms with van der Waals surface area (Å²) in [5.41, 5.74) is 0.379. The van der Waals surface area contributed by atoms with E-state index in [1.54, 1.807) is 25.3 Å². The Morgan fingerprint density at radius 3 is 2.46 bits per heavy atom. The van der Waals surface area contributed by atoms with Crippen LogP contribution >= 0.6 is 11.3 Å². The highest BCUT2D eigenvalue weighted by molar-refractivity contribution is 7.91. The van der Waals surface area contributed by atoms with Gasteiger partial charge in [-0.25, -0.2) is 23.2 Å². The SMILES string of the molecule is CC(C)Oc1ccc(-c2cc(O[C@@H]3C[C@H]4C(=O)N[C@]5(C(=O)NS(=O)(=O)C6(C)CC6)C[C@H]5/C=C\CC[C@H](C)C[C@@H](C)[C@H](NC(=O)O)C(=O)N4C3)cc(-c3nccs3)n2)cc1. The number of rotatable bonds is 10. The van der Waals surface area contributed by atoms with Crippen molar-refractivity contribution >= 4 is 45.2 Å². The van der Waals surface area contributed by atoms with Crippen molar-refractivity contribution < 1.29 is 42.2 Å². The van der Waals surface area contributed by atoms with Crippen LogP contribution in [-0.4, -0.2) is 93.3 Å². The second-order valence-electron chi connectivity index (χ2n) is 17.0. The van der Waals surface area contributed by atoms with Gasteiger partial charge in [-0.1, -0.05) is 26.0 Å². The molecular formula is C42H52N6O9S2. The molecule has 7 atom stereocenters. The maximum absolute atomic E-state index is 14.6. The number of hydrogen-bond acceptors (Lipinski definition) is 11. The number of carbonyl (C=O) groups is 4. The predicted octanol–water partition coefficient (Wildman–Crippen LogP) is 5.53. The summed E-state index contributed by atoms with van der Waals surface area (Å²) >= 11 is 1.41. The number of hydrogen-bond donors (Lipinski definition) is 4. The van der Waals surface area contributed by atoms with Crippen LogP contribution in [0.25, 0.3) is 22.0 Å². The standard InChI is InChI=1S/C42H52N6O9S2/c1-24(2)56-29-12-10-27(11-13-29)32-19-30(20-33(44-32)37-43-16-17-58-37)57-31-21-34-36(49)46-42(39(51)47-59(54,55)41(5)14-15-41)22-28(42)9-7-6-8-25(3)18-26(4)35(45-40(52)53)38(50)48(34)23-31/h7,9-13,16-17,19-20,24-26,28,31,34-35,45H,6,8,14-15,18,21-23H2,1-5H3,(H,46,49)(H,47,51)(H,52,53)/b9-7-/t25-,26+,28+,31+,34-,35-,42+/m0/s1. The van der Waals surface area contributed by atoms with Crippen LogP contribution in [0.1, 0.15) is 79.6 Å². The number of fused-ring (bicyclic) bond motifs is 2. The number of allylic oxidation sites excluding steroid dienone is 1. The van der Waals surface area contributed by atoms with Gasteiger partial charge in [0.1, 0.15) is 45.9 Å². The van der Waals surface area contributed by atoms with Crippen molar-refractivity contribution in [2.75, 3.05) is 6.54 Å². The normalized spacial score (nSPS) is 28.5. The van der Waals surface area contributed by atoms with Gasteiger partial charge >= 0.3 is 6.09 Å². The molecule has 1 saturated heterocycles. The van der Waals surface area contributed by atoms with Gasteiger partial charge in [-0.3, -0.25) is 19.1 Å². The summed E-state index contributed by atoms with van der Waals surface area (Å²) in [7, 11) is -4.02. The molecule has 4 heterocycles. The Morgan fingerprint density at radius 1 is 1.07 bits per heavy atom. The molecule has 2 aromatic heterocycles. The van der Waals surface area contributed by atoms with E-state index in [1.165, 1.54) is 16.2 Å². The summed E-state index contributed by atoms with van der Waals surface area (Å²) < 4.78 is 40.1. The first kappa shape index (κ1) is 42.1. The van der Waals surface area contributed by atoms with E-state index in [0.717, 1.165) is 12.0 Å². The first-order chi connectivity index (χ1) is 28.0. The number of carboxylic acid groups (broad SMARTS) is 1. The van der Waals surface area contributed by atoms with Crippen molar-refractivity contribution in [3.8, 4) is 33.5 Å². The number of nitrogens with one attached hydrogen (secondary N) is 3. The average molecular weight is 849 g/mol. The maximum atomic E-state index is 14.6. The van der Waals surface area contributed by atoms with Crippen molar-refractivity contribution in [3.63, 3.8) is 0 Å². The first-order valence-corrected chi connectivity index (χ1v) is 22.5. The third-order valence-corrected chi connectivity index (χ3v) is 14.8. The quantitative estimate of drug-likeness (QED) is 0.187. The van der Waals surface area contributed by atoms with Gasteiger partial charge in [-0.05, 0) is 95.4 Å². The number of pyridine rings is 1. The van der Waals surface area contributed by atoms with Crippen LogP contribution in [0.4, 0.5) is 4.79 Å². The minimum atomic E-state index is -4.02. The summed E-state index contributed by atoms with van der Waals surface area (Å²) in [6.45, 7) is 9.26. The van der Waals surface area contributed by atoms with Crippen LogP contribution in [0.2, 0.25) is 0 Å². The zero-order valence-corrected chi connectivity index (χ0v) is 35.5. The predicted molar refractivity (Wildman–Crippen MR) is 221 cm³/mol. The van der Waals surface area contributed by atoms with Crippen LogP contribution in [0.15, 0.2) is 60.1 Å². The molecule has 15 nitrogen and oxygen atoms in total. The van der Waals surface area contributed by atoms with Crippen LogP contribution in [0.3, 0.4) is 0 Å². The fourth-order valence-electron chi connectivity index (χ4n) is 8.08. The fourth-order valence-corrected chi connectivity index (χ4v) is 9.99. The number of carbonyl (C=O) groups excluding carboxylic acids is 3. The summed E-state index contributed by atoms with van der Waals surface area (Å²) in [5, 5.41) is 17.7. The molecule has 17 heteroatoms. The van der Waals surface area contributed by atoms with Crippen molar-refractivity contribution in [2.45, 2.75) is 114 Å². The maximum Gasteiger partial charge on any atom is 0.405 e. The number of thiazole rings is 1. The van der Waals surface area contributed by atoms with Crippen LogP contribution in [0.5, 0.6) is 11.5 Å². The highest BCUT2D eigenvalue weighted by Gasteiger charge is 2.63. The molecule has 4 amide bonds. The minimum Gasteiger partial charge on any atom is -0.491 e. The molecule has 1 aromatic carbocycles. The van der Waals surface area contributed by atoms with Crippen LogP contribution < -0.4 is 24.8 Å². The van der Waals surface area contributed by atoms with Crippen molar-refractivity contribution in [1.82, 2.24) is 30.2 Å². The van der Waals surface area contributed by atoms with E-state index >= 15 is 0 Å². The Labute approximate surface area is 348 Å². The largest absolute Gasteiger partial charge is 0.491 e. The highest BCUT2D eigenvalue weighted by Crippen LogP contribution is 2.47. The summed E-state index contributed by atoms with van der Waals surface area (Å²) in [6, 6.07) is 8.67. The second kappa shape index (κ2) is 16.6. The molecule has 2 saturated carbocycles. The molecule has 59 heavy (non-hydrogen) atoms. The zero-order valence-electron chi connectivity index (χ0n) is 33.8. The molecule has 0 bridgehead atoms. The van der Waals surface area contributed by atoms with Crippen molar-refractivity contribution in [2.24, 2.45) is 17.8 Å². The van der Waals surface area contributed by atoms with E-state index in [9.17, 15) is 32.7 Å². The van der Waals surface area contributed by atoms with Gasteiger partial charge in [0.25, 0.3) is 5.91 Å². The van der Waals surface area contributed by atoms with Gasteiger partial charge in [0, 0.05) is 41.6 Å². The lowest BCUT2D eigenvalue weighted by atomic mass is 9.88. The lowest BCUT2D eigenvalue weighted by Crippen LogP contribution is -2.59. The number of ether oxygens (including phenoxy) is 2. The van der Waals surface area contributed by atoms with E-state index in [1.807, 2.05) is 69.5 Å². The topological polar surface area (TPSA) is 206 Å². The van der Waals surface area contributed by atoms with E-state index in [4.69, 9.17) is 14.5 Å². The van der Waals surface area contributed by atoms with Gasteiger partial charge in [-0.15, -0.1) is 11.3 Å². The Hall–Kier alpha value is -5.03. The first-order valence-electron chi connectivity index (χ1n) is 20.2. The molecule has 3 fully saturated rings. The molecule has 2 aliphatic carbocycles. The molecule has 0 radical (unpaired) electrons. The van der Waals surface area contributed by atoms with Crippen LogP contribution in [-0.2, 0) is 24.4 Å². The third kappa shape index (κ3) is 9.25. The Balaban J connectivity index is 1.22. The monoisotopic (exact) mass is 848 g/mol. The summed E-state index contributed by atoms with van der Waals surface area (Å²) in [4.78, 5) is 65.8. The second-order valence-corrected chi connectivity index (χ2v) is 20.1. The number of benzene rings is 1. The Bertz CT molecular complexity index is 2210. The highest BCUT2D eigenvalue weighted by atomic mass is 32.2. The van der Waals surface area contributed by atoms with Gasteiger partial charge in [0.2, 0.25) is 21.8 Å². The molecule has 0 spiro atoms. The molecule has 3 aromatic rings. The molecule has 316 valence electrons. The fraction of sp³-hybridized carbons (Fsp3) is 0.524. The average Bonchev–Trinajstić information content (AvgIpc) is 3.92. The molecule has 2 aliphatic heterocycles. The smallest absolute Gasteiger partial charge is 0.405 e. The van der Waals surface area contributed by atoms with Gasteiger partial charge in [0.05, 0.1) is 23.1 Å². The molecule has 4 N–H and O–H groups in total. The molecular weight excluding hydrogens is 797 g/mol. The van der Waals surface area contributed by atoms with Crippen molar-refractivity contribution in [1.29, 1.82) is 0 Å². The third-order valence-electron chi connectivity index (χ3n) is 11.8. The molecule has 4 aliphatic rings. The zero-order chi connectivity index (χ0) is 42.3. The summed E-state index contributed by atoms with van der Waals surface area (Å²) in [5.74, 6) is -1.75. The lowest BCUT2D eigenvalue weighted by Gasteiger charge is -2.32. The van der Waals surface area contributed by atoms with E-state index < -0.39 is 74.1 Å². The number of aromatic nitrogens is 2. The van der Waals surface area contributed by atoms with Crippen molar-refractivity contribution in [3.05, 3.63) is 60.1 Å². The lowest BCUT2D eigenvalue weighted by molar-refractivity contribution is -0.142. The van der Waals surface area contributed by atoms with Gasteiger partial charge in [0.15, 0.2) is 0 Å². The Kier molecular flexibility index (Phi) is 11.8. The number of nitrogens with zero attached hydrogens (tertiary/aromatic N) is 3. The number of amides is 4. The minimum absolute atomic E-state index is 0.000980. The van der Waals surface area contributed by atoms with Crippen LogP contribution in [0, 0.1) is 17.8 Å². The Morgan fingerprint density at radius 2 is 1.80 bits per heavy atom. The summed E-state index contributed by atoms with van der Waals surface area (Å²) in [6.07, 6.45) is 6.27. The molecule has 0 unspecified atom stereocenters. The van der Waals surface area contributed by atoms with Gasteiger partial charge < -0.3 is 30.1 Å². The van der Waals surface area contributed by atoms with E-state index in [2.05, 4.69) is 20.3 Å². The number of sulfonamides is 1. The van der Waals surface area contributed by atoms with Gasteiger partial charge in [-0.2, -0.15) is 0 Å². The van der Waals surface area contributed by atoms with E-state index in [0.29, 0.717) is 53.6 Å². The van der Waals surface area contributed by atoms with E-state index in [-0.39, 0.29) is 31.4 Å².